The molecule has 9 aromatic heterocycles. The van der Waals surface area contributed by atoms with Crippen molar-refractivity contribution in [3.8, 4) is 137 Å². The predicted octanol–water partition coefficient (Wildman–Crippen LogP) is 17.3. The first kappa shape index (κ1) is 79.5. The van der Waals surface area contributed by atoms with E-state index in [2.05, 4.69) is 29.9 Å². The fraction of sp³-hybridized carbons (Fsp3) is 0. The second-order valence-corrected chi connectivity index (χ2v) is 35.2. The van der Waals surface area contributed by atoms with Crippen molar-refractivity contribution < 1.29 is 59.0 Å². The van der Waals surface area contributed by atoms with Crippen LogP contribution in [0.4, 0.5) is 0 Å². The van der Waals surface area contributed by atoms with Crippen molar-refractivity contribution in [2.24, 2.45) is 0 Å². The number of rotatable bonds is 3. The molecule has 6 N–H and O–H groups in total. The summed E-state index contributed by atoms with van der Waals surface area (Å²) in [6.45, 7) is 0. The Bertz CT molecular complexity index is 8860. The molecule has 133 heavy (non-hydrogen) atoms. The molecule has 37 heteroatoms. The van der Waals surface area contributed by atoms with Crippen molar-refractivity contribution in [1.29, 1.82) is 0 Å². The molecule has 27 rings (SSSR count). The summed E-state index contributed by atoms with van der Waals surface area (Å²) in [5, 5.41) is 6.73. The fourth-order valence-corrected chi connectivity index (χ4v) is 19.7. The van der Waals surface area contributed by atoms with Gasteiger partial charge in [0.15, 0.2) is 69.9 Å². The number of hydrogen-bond acceptors (Lipinski definition) is 27. The molecule has 0 aliphatic carbocycles. The summed E-state index contributed by atoms with van der Waals surface area (Å²) in [6.07, 6.45) is 0. The average Bonchev–Trinajstić information content (AvgIpc) is 1.60. The van der Waals surface area contributed by atoms with Crippen LogP contribution in [-0.2, 0) is 50.5 Å². The number of hydrogen-bond donors (Lipinski definition) is 6. The minimum Gasteiger partial charge on any atom is -0.744 e. The molecule has 33 nitrogen and oxygen atoms in total. The number of benzene rings is 12. The Balaban J connectivity index is 0.000000109. The standard InChI is InChI=1S/3C32H18N8O3S.Ir/c3*41-44(42,43)23-15-7-14-22-24(23)32-39-30-21-13-6-5-12-20(21)28(37-30)35-26-17-9-2-1-8-16(17)25(33-26)34-27-18-10-3-4-11-19(18)29(36-27)38-31(22)40-32;/h3*1-15H,(H,41,42,43)(H2,33,34,35,36,37,38,39,40);/q;;;+3/p-3. The molecule has 0 radical (unpaired) electrons. The SMILES string of the molecule is O=S(=O)([O-])c1cccc2c3nc4nc(nc5[nH]c(nc6nc(nc([nH]3)c12)-c1ccccc1-6)c1ccccc51)-c1ccccc1-4.O=S(=O)([O-])c1cccc2c3nc4nc(nc5[nH]c(nc6nc(nc([nH]3)c12)-c1ccccc1-6)c1ccccc51)-c1ccccc1-4.O=S(=O)([O-])c1cccc2c3nc4nc(nc5[nH]c(nc6nc(nc([nH]3)c12)-c1ccccc1-6)c1ccccc51)-c1ccccc1-4.[Ir+3]. The quantitative estimate of drug-likeness (QED) is 0.0895. The van der Waals surface area contributed by atoms with Crippen LogP contribution in [0.5, 0.6) is 0 Å². The minimum atomic E-state index is -4.87. The minimum absolute atomic E-state index is 0. The van der Waals surface area contributed by atoms with Crippen molar-refractivity contribution in [1.82, 2.24) is 120 Å². The Hall–Kier alpha value is -16.9. The van der Waals surface area contributed by atoms with Crippen LogP contribution in [0.2, 0.25) is 0 Å². The van der Waals surface area contributed by atoms with E-state index < -0.39 is 45.0 Å². The first-order valence-electron chi connectivity index (χ1n) is 40.8. The van der Waals surface area contributed by atoms with Gasteiger partial charge in [0.2, 0.25) is 0 Å². The van der Waals surface area contributed by atoms with Gasteiger partial charge < -0.3 is 43.6 Å². The van der Waals surface area contributed by atoms with Gasteiger partial charge in [-0.25, -0.2) is 115 Å². The van der Waals surface area contributed by atoms with Gasteiger partial charge in [-0.15, -0.1) is 0 Å². The summed E-state index contributed by atoms with van der Waals surface area (Å²) < 4.78 is 112. The smallest absolute Gasteiger partial charge is 0.744 e. The van der Waals surface area contributed by atoms with E-state index in [1.165, 1.54) is 36.4 Å². The monoisotopic (exact) mass is 1970 g/mol. The molecule has 21 aromatic rings. The van der Waals surface area contributed by atoms with E-state index >= 15 is 0 Å². The van der Waals surface area contributed by atoms with Gasteiger partial charge in [-0.1, -0.05) is 255 Å². The van der Waals surface area contributed by atoms with Gasteiger partial charge >= 0.3 is 20.1 Å². The number of aromatic nitrogens is 24. The van der Waals surface area contributed by atoms with Crippen molar-refractivity contribution in [3.05, 3.63) is 273 Å². The molecule has 0 saturated carbocycles. The van der Waals surface area contributed by atoms with Crippen molar-refractivity contribution in [2.45, 2.75) is 14.7 Å². The van der Waals surface area contributed by atoms with Gasteiger partial charge in [0.05, 0.1) is 14.7 Å². The number of nitrogens with zero attached hydrogens (tertiary/aromatic N) is 18. The van der Waals surface area contributed by atoms with E-state index in [9.17, 15) is 38.9 Å². The summed E-state index contributed by atoms with van der Waals surface area (Å²) in [6, 6.07) is 82.1. The zero-order chi connectivity index (χ0) is 88.7. The van der Waals surface area contributed by atoms with E-state index in [1.807, 2.05) is 218 Å². The zero-order valence-electron chi connectivity index (χ0n) is 67.8. The molecule has 6 aliphatic rings. The molecule has 0 spiro atoms. The fourth-order valence-electron chi connectivity index (χ4n) is 17.6. The maximum Gasteiger partial charge on any atom is 3.00 e. The summed E-state index contributed by atoms with van der Waals surface area (Å²) in [5.74, 6) is 4.64. The molecule has 0 unspecified atom stereocenters. The van der Waals surface area contributed by atoms with Crippen molar-refractivity contribution in [2.75, 3.05) is 0 Å². The van der Waals surface area contributed by atoms with Gasteiger partial charge in [-0.2, -0.15) is 0 Å². The van der Waals surface area contributed by atoms with E-state index in [4.69, 9.17) is 89.7 Å². The Morgan fingerprint density at radius 1 is 0.158 bits per heavy atom. The van der Waals surface area contributed by atoms with Crippen LogP contribution in [0, 0.1) is 0 Å². The molecule has 24 bridgehead atoms. The van der Waals surface area contributed by atoms with Crippen LogP contribution < -0.4 is 0 Å². The van der Waals surface area contributed by atoms with Crippen LogP contribution in [0.25, 0.3) is 269 Å². The van der Waals surface area contributed by atoms with Gasteiger partial charge in [-0.05, 0) is 18.2 Å². The molecule has 15 heterocycles. The second kappa shape index (κ2) is 30.1. The summed E-state index contributed by atoms with van der Waals surface area (Å²) >= 11 is 0. The third-order valence-corrected chi connectivity index (χ3v) is 26.1. The molecule has 0 amide bonds. The van der Waals surface area contributed by atoms with E-state index in [0.717, 1.165) is 82.4 Å². The summed E-state index contributed by atoms with van der Waals surface area (Å²) in [5.41, 5.74) is 13.6. The van der Waals surface area contributed by atoms with Crippen LogP contribution in [0.15, 0.2) is 288 Å². The maximum absolute atomic E-state index is 12.4. The Morgan fingerprint density at radius 3 is 0.444 bits per heavy atom. The van der Waals surface area contributed by atoms with E-state index in [0.29, 0.717) is 154 Å². The van der Waals surface area contributed by atoms with Crippen molar-refractivity contribution in [3.63, 3.8) is 0 Å². The average molecular weight is 1970 g/mol. The van der Waals surface area contributed by atoms with Gasteiger partial charge in [0.25, 0.3) is 0 Å². The summed E-state index contributed by atoms with van der Waals surface area (Å²) in [7, 11) is -14.6. The van der Waals surface area contributed by atoms with Crippen LogP contribution >= 0.6 is 0 Å². The maximum atomic E-state index is 12.4. The van der Waals surface area contributed by atoms with Gasteiger partial charge in [-0.3, -0.25) is 0 Å². The Morgan fingerprint density at radius 2 is 0.286 bits per heavy atom. The van der Waals surface area contributed by atoms with Crippen LogP contribution in [0.1, 0.15) is 0 Å². The van der Waals surface area contributed by atoms with E-state index in [-0.39, 0.29) is 53.2 Å². The molecule has 0 fully saturated rings. The van der Waals surface area contributed by atoms with Crippen LogP contribution in [0.3, 0.4) is 0 Å². The molecule has 0 saturated heterocycles. The summed E-state index contributed by atoms with van der Waals surface area (Å²) in [4.78, 5) is 106. The largest absolute Gasteiger partial charge is 3.00 e. The van der Waals surface area contributed by atoms with Gasteiger partial charge in [0, 0.05) is 131 Å². The number of aromatic amines is 6. The number of nitrogens with one attached hydrogen (secondary N) is 6. The molecular weight excluding hydrogens is 1920 g/mol. The van der Waals surface area contributed by atoms with E-state index in [1.54, 1.807) is 18.2 Å². The molecule has 0 atom stereocenters. The van der Waals surface area contributed by atoms with Gasteiger partial charge in [0.1, 0.15) is 98.1 Å². The second-order valence-electron chi connectivity index (χ2n) is 31.1. The molecule has 12 aromatic carbocycles. The first-order chi connectivity index (χ1) is 64.3. The Kier molecular flexibility index (Phi) is 18.0. The number of H-pyrrole nitrogens is 6. The normalized spacial score (nSPS) is 12.3. The van der Waals surface area contributed by atoms with Crippen LogP contribution in [-0.4, -0.2) is 159 Å². The third kappa shape index (κ3) is 13.2. The zero-order valence-corrected chi connectivity index (χ0v) is 72.6. The predicted molar refractivity (Wildman–Crippen MR) is 492 cm³/mol. The topological polar surface area (TPSA) is 498 Å². The number of fused-ring (bicyclic) bond motifs is 60. The Labute approximate surface area is 760 Å². The third-order valence-electron chi connectivity index (χ3n) is 23.4. The molecule has 6 aliphatic heterocycles. The first-order valence-corrected chi connectivity index (χ1v) is 45.1. The molecular formula is C96H51IrN24O9S3. The molecule has 636 valence electrons. The van der Waals surface area contributed by atoms with Crippen molar-refractivity contribution >= 4 is 163 Å².